The number of hydrogen-bond acceptors (Lipinski definition) is 3. The fraction of sp³-hybridized carbons (Fsp3) is 0.222. The molecule has 0 aromatic heterocycles. The topological polar surface area (TPSA) is 62.1 Å². The van der Waals surface area contributed by atoms with Crippen molar-refractivity contribution in [2.75, 3.05) is 0 Å². The highest BCUT2D eigenvalue weighted by molar-refractivity contribution is 6.30. The van der Waals surface area contributed by atoms with Gasteiger partial charge in [0.1, 0.15) is 11.6 Å². The van der Waals surface area contributed by atoms with Crippen LogP contribution in [0.15, 0.2) is 42.5 Å². The molecule has 0 aliphatic rings. The molecule has 2 unspecified atom stereocenters. The van der Waals surface area contributed by atoms with Crippen molar-refractivity contribution >= 4 is 17.5 Å². The van der Waals surface area contributed by atoms with Crippen LogP contribution in [0.3, 0.4) is 0 Å². The van der Waals surface area contributed by atoms with Gasteiger partial charge in [0.25, 0.3) is 5.91 Å². The molecule has 0 heterocycles. The standard InChI is InChI=1S/C18H13ClF4N2O2/c1-10(27-13-5-2-11(9-24)3-6-13)17(26)25-16(18(21,22)23)12-4-7-15(20)14(19)8-12/h2-8,10,16H,1H3,(H,25,26). The second kappa shape index (κ2) is 8.27. The maximum absolute atomic E-state index is 13.3. The maximum Gasteiger partial charge on any atom is 0.412 e. The van der Waals surface area contributed by atoms with Gasteiger partial charge in [-0.25, -0.2) is 4.39 Å². The van der Waals surface area contributed by atoms with E-state index in [-0.39, 0.29) is 5.75 Å². The van der Waals surface area contributed by atoms with Gasteiger partial charge in [-0.3, -0.25) is 4.79 Å². The smallest absolute Gasteiger partial charge is 0.412 e. The lowest BCUT2D eigenvalue weighted by atomic mass is 10.1. The number of nitrogens with zero attached hydrogens (tertiary/aromatic N) is 1. The van der Waals surface area contributed by atoms with E-state index in [0.29, 0.717) is 5.56 Å². The van der Waals surface area contributed by atoms with Gasteiger partial charge in [0.2, 0.25) is 0 Å². The summed E-state index contributed by atoms with van der Waals surface area (Å²) in [7, 11) is 0. The van der Waals surface area contributed by atoms with Crippen LogP contribution in [0.25, 0.3) is 0 Å². The van der Waals surface area contributed by atoms with E-state index in [1.54, 1.807) is 0 Å². The van der Waals surface area contributed by atoms with Crippen molar-refractivity contribution in [3.05, 3.63) is 64.4 Å². The minimum atomic E-state index is -4.83. The quantitative estimate of drug-likeness (QED) is 0.750. The molecular weight excluding hydrogens is 388 g/mol. The molecule has 9 heteroatoms. The molecule has 0 fully saturated rings. The van der Waals surface area contributed by atoms with Crippen molar-refractivity contribution in [3.8, 4) is 11.8 Å². The molecular formula is C18H13ClF4N2O2. The number of carbonyl (C=O) groups is 1. The van der Waals surface area contributed by atoms with Crippen LogP contribution in [0.2, 0.25) is 5.02 Å². The van der Waals surface area contributed by atoms with E-state index in [1.165, 1.54) is 31.2 Å². The molecule has 0 saturated carbocycles. The number of nitriles is 1. The molecule has 2 atom stereocenters. The maximum atomic E-state index is 13.3. The predicted molar refractivity (Wildman–Crippen MR) is 89.6 cm³/mol. The van der Waals surface area contributed by atoms with Crippen molar-refractivity contribution < 1.29 is 27.1 Å². The lowest BCUT2D eigenvalue weighted by molar-refractivity contribution is -0.165. The number of amides is 1. The van der Waals surface area contributed by atoms with Crippen LogP contribution in [0.1, 0.15) is 24.1 Å². The molecule has 142 valence electrons. The molecule has 2 aromatic rings. The molecule has 0 radical (unpaired) electrons. The molecule has 27 heavy (non-hydrogen) atoms. The van der Waals surface area contributed by atoms with Crippen LogP contribution >= 0.6 is 11.6 Å². The molecule has 1 amide bonds. The second-order valence-electron chi connectivity index (χ2n) is 5.55. The van der Waals surface area contributed by atoms with Crippen molar-refractivity contribution in [1.29, 1.82) is 5.26 Å². The highest BCUT2D eigenvalue weighted by Crippen LogP contribution is 2.34. The summed E-state index contributed by atoms with van der Waals surface area (Å²) < 4.78 is 58.5. The number of benzene rings is 2. The van der Waals surface area contributed by atoms with Gasteiger partial charge in [-0.05, 0) is 48.9 Å². The normalized spacial score (nSPS) is 13.4. The summed E-state index contributed by atoms with van der Waals surface area (Å²) in [6.45, 7) is 1.28. The Kier molecular flexibility index (Phi) is 6.28. The van der Waals surface area contributed by atoms with Crippen LogP contribution in [-0.2, 0) is 4.79 Å². The zero-order chi connectivity index (χ0) is 20.2. The molecule has 0 bridgehead atoms. The van der Waals surface area contributed by atoms with Crippen LogP contribution in [0.4, 0.5) is 17.6 Å². The summed E-state index contributed by atoms with van der Waals surface area (Å²) in [6, 6.07) is 7.74. The van der Waals surface area contributed by atoms with Gasteiger partial charge in [0.15, 0.2) is 12.1 Å². The third-order valence-electron chi connectivity index (χ3n) is 3.56. The lowest BCUT2D eigenvalue weighted by Crippen LogP contribution is -2.43. The molecule has 0 aliphatic heterocycles. The van der Waals surface area contributed by atoms with Crippen LogP contribution in [-0.4, -0.2) is 18.2 Å². The highest BCUT2D eigenvalue weighted by atomic mass is 35.5. The van der Waals surface area contributed by atoms with E-state index in [9.17, 15) is 22.4 Å². The lowest BCUT2D eigenvalue weighted by Gasteiger charge is -2.24. The van der Waals surface area contributed by atoms with Gasteiger partial charge in [0, 0.05) is 0 Å². The van der Waals surface area contributed by atoms with Crippen molar-refractivity contribution in [2.24, 2.45) is 0 Å². The number of nitrogens with one attached hydrogen (secondary N) is 1. The van der Waals surface area contributed by atoms with Crippen molar-refractivity contribution in [2.45, 2.75) is 25.2 Å². The van der Waals surface area contributed by atoms with Gasteiger partial charge < -0.3 is 10.1 Å². The number of carbonyl (C=O) groups excluding carboxylic acids is 1. The van der Waals surface area contributed by atoms with Gasteiger partial charge in [-0.1, -0.05) is 17.7 Å². The Balaban J connectivity index is 2.14. The molecule has 2 rings (SSSR count). The van der Waals surface area contributed by atoms with Gasteiger partial charge >= 0.3 is 6.18 Å². The third kappa shape index (κ3) is 5.34. The van der Waals surface area contributed by atoms with E-state index >= 15 is 0 Å². The summed E-state index contributed by atoms with van der Waals surface area (Å²) in [5.41, 5.74) is -0.0439. The highest BCUT2D eigenvalue weighted by Gasteiger charge is 2.42. The van der Waals surface area contributed by atoms with Crippen LogP contribution in [0, 0.1) is 17.1 Å². The van der Waals surface area contributed by atoms with Gasteiger partial charge in [-0.15, -0.1) is 0 Å². The monoisotopic (exact) mass is 400 g/mol. The molecule has 0 spiro atoms. The predicted octanol–water partition coefficient (Wildman–Crippen LogP) is 4.54. The van der Waals surface area contributed by atoms with Gasteiger partial charge in [0.05, 0.1) is 16.7 Å². The van der Waals surface area contributed by atoms with Gasteiger partial charge in [-0.2, -0.15) is 18.4 Å². The number of hydrogen-bond donors (Lipinski definition) is 1. The molecule has 2 aromatic carbocycles. The average Bonchev–Trinajstić information content (AvgIpc) is 2.61. The van der Waals surface area contributed by atoms with Crippen molar-refractivity contribution in [1.82, 2.24) is 5.32 Å². The molecule has 0 aliphatic carbocycles. The Hall–Kier alpha value is -2.79. The number of halogens is 5. The Morgan fingerprint density at radius 2 is 1.85 bits per heavy atom. The Labute approximate surface area is 157 Å². The summed E-state index contributed by atoms with van der Waals surface area (Å²) in [4.78, 5) is 12.2. The fourth-order valence-corrected chi connectivity index (χ4v) is 2.36. The third-order valence-corrected chi connectivity index (χ3v) is 3.85. The van der Waals surface area contributed by atoms with Crippen molar-refractivity contribution in [3.63, 3.8) is 0 Å². The summed E-state index contributed by atoms with van der Waals surface area (Å²) in [6.07, 6.45) is -6.08. The van der Waals surface area contributed by atoms with E-state index < -0.39 is 40.6 Å². The van der Waals surface area contributed by atoms with E-state index in [2.05, 4.69) is 0 Å². The minimum Gasteiger partial charge on any atom is -0.481 e. The first kappa shape index (κ1) is 20.5. The van der Waals surface area contributed by atoms with E-state index in [0.717, 1.165) is 18.2 Å². The Bertz CT molecular complexity index is 863. The molecule has 1 N–H and O–H groups in total. The number of rotatable bonds is 5. The Morgan fingerprint density at radius 1 is 1.22 bits per heavy atom. The molecule has 4 nitrogen and oxygen atoms in total. The first-order valence-electron chi connectivity index (χ1n) is 7.60. The van der Waals surface area contributed by atoms with E-state index in [4.69, 9.17) is 21.6 Å². The number of alkyl halides is 3. The summed E-state index contributed by atoms with van der Waals surface area (Å²) in [5, 5.41) is 10.1. The zero-order valence-electron chi connectivity index (χ0n) is 13.8. The summed E-state index contributed by atoms with van der Waals surface area (Å²) in [5.74, 6) is -1.68. The van der Waals surface area contributed by atoms with Crippen LogP contribution in [0.5, 0.6) is 5.75 Å². The minimum absolute atomic E-state index is 0.213. The first-order valence-corrected chi connectivity index (χ1v) is 7.98. The SMILES string of the molecule is CC(Oc1ccc(C#N)cc1)C(=O)NC(c1ccc(F)c(Cl)c1)C(F)(F)F. The van der Waals surface area contributed by atoms with Crippen LogP contribution < -0.4 is 10.1 Å². The molecule has 0 saturated heterocycles. The average molecular weight is 401 g/mol. The fourth-order valence-electron chi connectivity index (χ4n) is 2.17. The summed E-state index contributed by atoms with van der Waals surface area (Å²) >= 11 is 5.54. The number of ether oxygens (including phenoxy) is 1. The zero-order valence-corrected chi connectivity index (χ0v) is 14.6. The second-order valence-corrected chi connectivity index (χ2v) is 5.96. The Morgan fingerprint density at radius 3 is 2.37 bits per heavy atom. The van der Waals surface area contributed by atoms with E-state index in [1.807, 2.05) is 11.4 Å². The first-order chi connectivity index (χ1) is 12.6. The largest absolute Gasteiger partial charge is 0.481 e.